The Hall–Kier alpha value is -2.15. The molecule has 0 saturated heterocycles. The lowest BCUT2D eigenvalue weighted by atomic mass is 9.98. The first-order valence-electron chi connectivity index (χ1n) is 7.14. The van der Waals surface area contributed by atoms with E-state index < -0.39 is 0 Å². The molecule has 0 spiro atoms. The van der Waals surface area contributed by atoms with E-state index in [1.165, 1.54) is 11.1 Å². The van der Waals surface area contributed by atoms with Gasteiger partial charge in [-0.15, -0.1) is 0 Å². The number of rotatable bonds is 1. The summed E-state index contributed by atoms with van der Waals surface area (Å²) >= 11 is 0. The third-order valence-electron chi connectivity index (χ3n) is 3.83. The predicted octanol–water partition coefficient (Wildman–Crippen LogP) is 4.60. The maximum absolute atomic E-state index is 12.7. The molecule has 0 amide bonds. The number of benzene rings is 2. The second-order valence-corrected chi connectivity index (χ2v) is 5.42. The van der Waals surface area contributed by atoms with E-state index in [1.807, 2.05) is 24.3 Å². The van der Waals surface area contributed by atoms with Gasteiger partial charge in [0.25, 0.3) is 0 Å². The molecule has 0 N–H and O–H groups in total. The molecule has 2 aromatic carbocycles. The third-order valence-corrected chi connectivity index (χ3v) is 3.83. The van der Waals surface area contributed by atoms with Crippen molar-refractivity contribution in [3.05, 3.63) is 76.4 Å². The fourth-order valence-electron chi connectivity index (χ4n) is 2.81. The van der Waals surface area contributed by atoms with Crippen LogP contribution >= 0.6 is 0 Å². The van der Waals surface area contributed by atoms with E-state index in [9.17, 15) is 4.79 Å². The standard InChI is InChI=1S/C19H18O/c1-14-6-4-7-15(12-14)13-17-10-5-9-16-8-2-3-11-18(16)19(17)20/h2-4,6-8,11-13H,5,9-10H2,1H3/b17-13+. The summed E-state index contributed by atoms with van der Waals surface area (Å²) in [6.07, 6.45) is 4.95. The van der Waals surface area contributed by atoms with Crippen molar-refractivity contribution >= 4 is 11.9 Å². The van der Waals surface area contributed by atoms with Crippen molar-refractivity contribution in [2.75, 3.05) is 0 Å². The van der Waals surface area contributed by atoms with Crippen LogP contribution in [0.3, 0.4) is 0 Å². The molecule has 0 heterocycles. The van der Waals surface area contributed by atoms with E-state index in [4.69, 9.17) is 0 Å². The van der Waals surface area contributed by atoms with Crippen LogP contribution in [0.5, 0.6) is 0 Å². The molecule has 20 heavy (non-hydrogen) atoms. The van der Waals surface area contributed by atoms with Crippen LogP contribution in [-0.2, 0) is 6.42 Å². The Balaban J connectivity index is 2.01. The quantitative estimate of drug-likeness (QED) is 0.542. The number of Topliss-reactive ketones (excluding diaryl/α,β-unsaturated/α-hetero) is 1. The molecule has 1 heteroatoms. The van der Waals surface area contributed by atoms with Gasteiger partial charge in [0.2, 0.25) is 0 Å². The minimum atomic E-state index is 0.194. The Kier molecular flexibility index (Phi) is 3.51. The van der Waals surface area contributed by atoms with Crippen molar-refractivity contribution in [1.82, 2.24) is 0 Å². The number of ketones is 1. The molecule has 100 valence electrons. The Morgan fingerprint density at radius 2 is 1.85 bits per heavy atom. The summed E-state index contributed by atoms with van der Waals surface area (Å²) in [5.74, 6) is 0.194. The Morgan fingerprint density at radius 1 is 1.00 bits per heavy atom. The topological polar surface area (TPSA) is 17.1 Å². The second-order valence-electron chi connectivity index (χ2n) is 5.42. The average Bonchev–Trinajstić information content (AvgIpc) is 2.60. The number of hydrogen-bond donors (Lipinski definition) is 0. The van der Waals surface area contributed by atoms with Crippen LogP contribution < -0.4 is 0 Å². The van der Waals surface area contributed by atoms with Gasteiger partial charge in [-0.1, -0.05) is 54.1 Å². The molecular weight excluding hydrogens is 244 g/mol. The first-order chi connectivity index (χ1) is 9.74. The van der Waals surface area contributed by atoms with Gasteiger partial charge in [-0.05, 0) is 43.4 Å². The number of allylic oxidation sites excluding steroid dienone is 1. The van der Waals surface area contributed by atoms with Gasteiger partial charge in [0, 0.05) is 11.1 Å². The molecule has 0 radical (unpaired) electrons. The van der Waals surface area contributed by atoms with Crippen molar-refractivity contribution in [3.63, 3.8) is 0 Å². The van der Waals surface area contributed by atoms with Crippen LogP contribution in [0.4, 0.5) is 0 Å². The van der Waals surface area contributed by atoms with Crippen molar-refractivity contribution in [3.8, 4) is 0 Å². The SMILES string of the molecule is Cc1cccc(/C=C2\CCCc3ccccc3C2=O)c1. The molecule has 2 aromatic rings. The molecule has 0 aromatic heterocycles. The lowest BCUT2D eigenvalue weighted by Gasteiger charge is -2.05. The van der Waals surface area contributed by atoms with Gasteiger partial charge in [-0.3, -0.25) is 4.79 Å². The number of fused-ring (bicyclic) bond motifs is 1. The Bertz CT molecular complexity index is 680. The van der Waals surface area contributed by atoms with Gasteiger partial charge in [-0.25, -0.2) is 0 Å². The first-order valence-corrected chi connectivity index (χ1v) is 7.14. The summed E-state index contributed by atoms with van der Waals surface area (Å²) in [7, 11) is 0. The monoisotopic (exact) mass is 262 g/mol. The van der Waals surface area contributed by atoms with Crippen LogP contribution in [0.25, 0.3) is 6.08 Å². The molecule has 1 aliphatic rings. The fraction of sp³-hybridized carbons (Fsp3) is 0.211. The van der Waals surface area contributed by atoms with Crippen LogP contribution in [0, 0.1) is 6.92 Å². The van der Waals surface area contributed by atoms with E-state index >= 15 is 0 Å². The van der Waals surface area contributed by atoms with Crippen molar-refractivity contribution in [1.29, 1.82) is 0 Å². The van der Waals surface area contributed by atoms with Gasteiger partial charge in [0.15, 0.2) is 5.78 Å². The number of aryl methyl sites for hydroxylation is 2. The van der Waals surface area contributed by atoms with Gasteiger partial charge in [0.05, 0.1) is 0 Å². The van der Waals surface area contributed by atoms with Crippen LogP contribution in [0.15, 0.2) is 54.1 Å². The van der Waals surface area contributed by atoms with Gasteiger partial charge in [0.1, 0.15) is 0 Å². The molecular formula is C19H18O. The van der Waals surface area contributed by atoms with E-state index in [0.717, 1.165) is 36.0 Å². The second kappa shape index (κ2) is 5.46. The molecule has 0 atom stereocenters. The smallest absolute Gasteiger partial charge is 0.189 e. The Labute approximate surface area is 120 Å². The summed E-state index contributed by atoms with van der Waals surface area (Å²) in [5, 5.41) is 0. The van der Waals surface area contributed by atoms with E-state index in [1.54, 1.807) is 0 Å². The van der Waals surface area contributed by atoms with Crippen LogP contribution in [0.1, 0.15) is 39.9 Å². The zero-order chi connectivity index (χ0) is 13.9. The molecule has 0 fully saturated rings. The summed E-state index contributed by atoms with van der Waals surface area (Å²) in [5.41, 5.74) is 5.34. The van der Waals surface area contributed by atoms with Crippen LogP contribution in [-0.4, -0.2) is 5.78 Å². The lowest BCUT2D eigenvalue weighted by molar-refractivity contribution is 0.103. The maximum Gasteiger partial charge on any atom is 0.189 e. The van der Waals surface area contributed by atoms with E-state index in [0.29, 0.717) is 0 Å². The van der Waals surface area contributed by atoms with Gasteiger partial charge >= 0.3 is 0 Å². The zero-order valence-electron chi connectivity index (χ0n) is 11.7. The van der Waals surface area contributed by atoms with E-state index in [2.05, 4.69) is 37.3 Å². The van der Waals surface area contributed by atoms with Crippen molar-refractivity contribution < 1.29 is 4.79 Å². The third kappa shape index (κ3) is 2.57. The summed E-state index contributed by atoms with van der Waals surface area (Å²) in [4.78, 5) is 12.7. The highest BCUT2D eigenvalue weighted by molar-refractivity contribution is 6.12. The zero-order valence-corrected chi connectivity index (χ0v) is 11.7. The Morgan fingerprint density at radius 3 is 2.70 bits per heavy atom. The summed E-state index contributed by atoms with van der Waals surface area (Å²) < 4.78 is 0. The fourth-order valence-corrected chi connectivity index (χ4v) is 2.81. The molecule has 1 aliphatic carbocycles. The van der Waals surface area contributed by atoms with E-state index in [-0.39, 0.29) is 5.78 Å². The molecule has 3 rings (SSSR count). The molecule has 0 bridgehead atoms. The summed E-state index contributed by atoms with van der Waals surface area (Å²) in [6.45, 7) is 2.08. The maximum atomic E-state index is 12.7. The minimum Gasteiger partial charge on any atom is -0.289 e. The normalized spacial score (nSPS) is 16.9. The molecule has 0 saturated carbocycles. The first kappa shape index (κ1) is 12.9. The highest BCUT2D eigenvalue weighted by Crippen LogP contribution is 2.25. The molecule has 0 aliphatic heterocycles. The highest BCUT2D eigenvalue weighted by atomic mass is 16.1. The molecule has 0 unspecified atom stereocenters. The summed E-state index contributed by atoms with van der Waals surface area (Å²) in [6, 6.07) is 16.3. The number of carbonyl (C=O) groups is 1. The van der Waals surface area contributed by atoms with Crippen molar-refractivity contribution in [2.24, 2.45) is 0 Å². The van der Waals surface area contributed by atoms with Crippen molar-refractivity contribution in [2.45, 2.75) is 26.2 Å². The minimum absolute atomic E-state index is 0.194. The number of hydrogen-bond acceptors (Lipinski definition) is 1. The lowest BCUT2D eigenvalue weighted by Crippen LogP contribution is -2.03. The highest BCUT2D eigenvalue weighted by Gasteiger charge is 2.19. The van der Waals surface area contributed by atoms with Crippen LogP contribution in [0.2, 0.25) is 0 Å². The van der Waals surface area contributed by atoms with Gasteiger partial charge < -0.3 is 0 Å². The largest absolute Gasteiger partial charge is 0.289 e. The average molecular weight is 262 g/mol. The predicted molar refractivity (Wildman–Crippen MR) is 82.9 cm³/mol. The number of carbonyl (C=O) groups excluding carboxylic acids is 1. The van der Waals surface area contributed by atoms with Gasteiger partial charge in [-0.2, -0.15) is 0 Å². The molecule has 1 nitrogen and oxygen atoms in total.